The Balaban J connectivity index is 2.69. The molecule has 0 spiro atoms. The van der Waals surface area contributed by atoms with Crippen LogP contribution in [0.25, 0.3) is 0 Å². The van der Waals surface area contributed by atoms with Gasteiger partial charge in [0.2, 0.25) is 10.0 Å². The SMILES string of the molecule is CCOc1ccc(NS(=O)(=O)CCCC(=O)O)c(C)c1. The highest BCUT2D eigenvalue weighted by atomic mass is 32.2. The Kier molecular flexibility index (Phi) is 5.82. The van der Waals surface area contributed by atoms with Crippen LogP contribution in [0, 0.1) is 6.92 Å². The van der Waals surface area contributed by atoms with E-state index in [1.807, 2.05) is 6.92 Å². The standard InChI is InChI=1S/C13H19NO5S/c1-3-19-11-6-7-12(10(2)9-11)14-20(17,18)8-4-5-13(15)16/h6-7,9,14H,3-5,8H2,1-2H3,(H,15,16). The minimum atomic E-state index is -3.53. The van der Waals surface area contributed by atoms with Gasteiger partial charge >= 0.3 is 5.97 Å². The first kappa shape index (κ1) is 16.3. The Bertz CT molecular complexity index is 568. The number of anilines is 1. The van der Waals surface area contributed by atoms with Gasteiger partial charge in [-0.2, -0.15) is 0 Å². The molecule has 0 aliphatic heterocycles. The summed E-state index contributed by atoms with van der Waals surface area (Å²) in [6.45, 7) is 4.19. The van der Waals surface area contributed by atoms with Gasteiger partial charge in [-0.1, -0.05) is 0 Å². The molecule has 1 rings (SSSR count). The van der Waals surface area contributed by atoms with Crippen LogP contribution in [0.1, 0.15) is 25.3 Å². The van der Waals surface area contributed by atoms with Gasteiger partial charge < -0.3 is 9.84 Å². The summed E-state index contributed by atoms with van der Waals surface area (Å²) in [5, 5.41) is 8.50. The predicted octanol–water partition coefficient (Wildman–Crippen LogP) is 2.00. The molecule has 6 nitrogen and oxygen atoms in total. The summed E-state index contributed by atoms with van der Waals surface area (Å²) in [6, 6.07) is 5.07. The fraction of sp³-hybridized carbons (Fsp3) is 0.462. The third-order valence-corrected chi connectivity index (χ3v) is 3.94. The molecule has 112 valence electrons. The van der Waals surface area contributed by atoms with Crippen LogP contribution >= 0.6 is 0 Å². The normalized spacial score (nSPS) is 11.1. The van der Waals surface area contributed by atoms with Gasteiger partial charge in [-0.15, -0.1) is 0 Å². The molecule has 0 bridgehead atoms. The first-order valence-electron chi connectivity index (χ1n) is 6.30. The molecule has 0 fully saturated rings. The summed E-state index contributed by atoms with van der Waals surface area (Å²) < 4.78 is 31.4. The summed E-state index contributed by atoms with van der Waals surface area (Å²) in [7, 11) is -3.53. The predicted molar refractivity (Wildman–Crippen MR) is 76.6 cm³/mol. The third-order valence-electron chi connectivity index (χ3n) is 2.58. The molecule has 7 heteroatoms. The van der Waals surface area contributed by atoms with Crippen molar-refractivity contribution >= 4 is 21.7 Å². The minimum Gasteiger partial charge on any atom is -0.494 e. The molecule has 0 amide bonds. The average molecular weight is 301 g/mol. The van der Waals surface area contributed by atoms with Crippen LogP contribution < -0.4 is 9.46 Å². The number of rotatable bonds is 8. The lowest BCUT2D eigenvalue weighted by molar-refractivity contribution is -0.137. The Labute approximate surface area is 118 Å². The van der Waals surface area contributed by atoms with Crippen molar-refractivity contribution in [2.24, 2.45) is 0 Å². The van der Waals surface area contributed by atoms with Crippen LogP contribution in [0.2, 0.25) is 0 Å². The van der Waals surface area contributed by atoms with Crippen molar-refractivity contribution in [1.82, 2.24) is 0 Å². The van der Waals surface area contributed by atoms with Crippen molar-refractivity contribution in [3.63, 3.8) is 0 Å². The van der Waals surface area contributed by atoms with E-state index in [0.29, 0.717) is 18.0 Å². The summed E-state index contributed by atoms with van der Waals surface area (Å²) in [4.78, 5) is 10.4. The topological polar surface area (TPSA) is 92.7 Å². The highest BCUT2D eigenvalue weighted by Crippen LogP contribution is 2.22. The number of carboxylic acid groups (broad SMARTS) is 1. The number of hydrogen-bond acceptors (Lipinski definition) is 4. The monoisotopic (exact) mass is 301 g/mol. The number of ether oxygens (including phenoxy) is 1. The van der Waals surface area contributed by atoms with E-state index >= 15 is 0 Å². The maximum atomic E-state index is 11.8. The lowest BCUT2D eigenvalue weighted by Gasteiger charge is -2.11. The van der Waals surface area contributed by atoms with Crippen LogP contribution in [0.5, 0.6) is 5.75 Å². The van der Waals surface area contributed by atoms with Gasteiger partial charge in [0.1, 0.15) is 5.75 Å². The van der Waals surface area contributed by atoms with E-state index in [2.05, 4.69) is 4.72 Å². The number of aliphatic carboxylic acids is 1. The van der Waals surface area contributed by atoms with Gasteiger partial charge in [0.25, 0.3) is 0 Å². The molecule has 0 saturated heterocycles. The lowest BCUT2D eigenvalue weighted by atomic mass is 10.2. The fourth-order valence-corrected chi connectivity index (χ4v) is 2.83. The second-order valence-corrected chi connectivity index (χ2v) is 6.17. The second-order valence-electron chi connectivity index (χ2n) is 4.33. The van der Waals surface area contributed by atoms with E-state index in [1.165, 1.54) is 0 Å². The van der Waals surface area contributed by atoms with Crippen molar-refractivity contribution in [3.05, 3.63) is 23.8 Å². The van der Waals surface area contributed by atoms with Gasteiger partial charge in [0.15, 0.2) is 0 Å². The summed E-state index contributed by atoms with van der Waals surface area (Å²) in [5.41, 5.74) is 1.22. The molecule has 2 N–H and O–H groups in total. The van der Waals surface area contributed by atoms with Crippen LogP contribution in [0.3, 0.4) is 0 Å². The van der Waals surface area contributed by atoms with Crippen LogP contribution in [0.4, 0.5) is 5.69 Å². The van der Waals surface area contributed by atoms with Crippen LogP contribution in [-0.2, 0) is 14.8 Å². The maximum Gasteiger partial charge on any atom is 0.303 e. The van der Waals surface area contributed by atoms with Gasteiger partial charge in [0.05, 0.1) is 18.0 Å². The second kappa shape index (κ2) is 7.14. The van der Waals surface area contributed by atoms with E-state index in [9.17, 15) is 13.2 Å². The highest BCUT2D eigenvalue weighted by molar-refractivity contribution is 7.92. The number of aryl methyl sites for hydroxylation is 1. The van der Waals surface area contributed by atoms with Crippen molar-refractivity contribution in [2.45, 2.75) is 26.7 Å². The number of benzene rings is 1. The minimum absolute atomic E-state index is 0.0841. The average Bonchev–Trinajstić information content (AvgIpc) is 2.32. The Morgan fingerprint density at radius 2 is 2.10 bits per heavy atom. The Hall–Kier alpha value is -1.76. The van der Waals surface area contributed by atoms with Gasteiger partial charge in [0, 0.05) is 6.42 Å². The zero-order valence-electron chi connectivity index (χ0n) is 11.5. The van der Waals surface area contributed by atoms with Crippen LogP contribution in [-0.4, -0.2) is 31.9 Å². The smallest absolute Gasteiger partial charge is 0.303 e. The number of nitrogens with one attached hydrogen (secondary N) is 1. The molecule has 1 aromatic rings. The van der Waals surface area contributed by atoms with E-state index in [0.717, 1.165) is 5.56 Å². The molecule has 0 heterocycles. The molecular formula is C13H19NO5S. The van der Waals surface area contributed by atoms with E-state index in [1.54, 1.807) is 25.1 Å². The zero-order valence-corrected chi connectivity index (χ0v) is 12.4. The molecule has 0 radical (unpaired) electrons. The van der Waals surface area contributed by atoms with Gasteiger partial charge in [-0.3, -0.25) is 9.52 Å². The molecule has 0 atom stereocenters. The maximum absolute atomic E-state index is 11.8. The molecule has 0 aliphatic rings. The number of hydrogen-bond donors (Lipinski definition) is 2. The van der Waals surface area contributed by atoms with E-state index in [-0.39, 0.29) is 18.6 Å². The Morgan fingerprint density at radius 1 is 1.40 bits per heavy atom. The van der Waals surface area contributed by atoms with Gasteiger partial charge in [-0.25, -0.2) is 8.42 Å². The van der Waals surface area contributed by atoms with Gasteiger partial charge in [-0.05, 0) is 44.0 Å². The summed E-state index contributed by atoms with van der Waals surface area (Å²) in [6.07, 6.45) is -0.0795. The quantitative estimate of drug-likeness (QED) is 0.766. The molecule has 1 aromatic carbocycles. The number of carboxylic acids is 1. The largest absolute Gasteiger partial charge is 0.494 e. The highest BCUT2D eigenvalue weighted by Gasteiger charge is 2.13. The van der Waals surface area contributed by atoms with Crippen molar-refractivity contribution < 1.29 is 23.1 Å². The number of carbonyl (C=O) groups is 1. The van der Waals surface area contributed by atoms with E-state index < -0.39 is 16.0 Å². The molecule has 0 aromatic heterocycles. The van der Waals surface area contributed by atoms with Crippen molar-refractivity contribution in [2.75, 3.05) is 17.1 Å². The zero-order chi connectivity index (χ0) is 15.2. The molecule has 0 aliphatic carbocycles. The third kappa shape index (κ3) is 5.48. The summed E-state index contributed by atoms with van der Waals surface area (Å²) in [5.74, 6) is -0.539. The molecule has 0 unspecified atom stereocenters. The van der Waals surface area contributed by atoms with Crippen molar-refractivity contribution in [1.29, 1.82) is 0 Å². The first-order chi connectivity index (χ1) is 9.34. The van der Waals surface area contributed by atoms with E-state index in [4.69, 9.17) is 9.84 Å². The lowest BCUT2D eigenvalue weighted by Crippen LogP contribution is -2.18. The summed E-state index contributed by atoms with van der Waals surface area (Å²) >= 11 is 0. The molecule has 0 saturated carbocycles. The Morgan fingerprint density at radius 3 is 2.65 bits per heavy atom. The number of sulfonamides is 1. The molecule has 20 heavy (non-hydrogen) atoms. The first-order valence-corrected chi connectivity index (χ1v) is 7.95. The fourth-order valence-electron chi connectivity index (χ4n) is 1.64. The van der Waals surface area contributed by atoms with Crippen molar-refractivity contribution in [3.8, 4) is 5.75 Å². The molecular weight excluding hydrogens is 282 g/mol. The van der Waals surface area contributed by atoms with Crippen LogP contribution in [0.15, 0.2) is 18.2 Å².